The van der Waals surface area contributed by atoms with Gasteiger partial charge in [0.2, 0.25) is 0 Å². The molecule has 0 unspecified atom stereocenters. The minimum Gasteiger partial charge on any atom is -0.449 e. The van der Waals surface area contributed by atoms with Gasteiger partial charge in [-0.25, -0.2) is 20.2 Å². The van der Waals surface area contributed by atoms with Gasteiger partial charge in [0.25, 0.3) is 0 Å². The first-order valence-corrected chi connectivity index (χ1v) is 7.73. The Morgan fingerprint density at radius 1 is 1.36 bits per heavy atom. The predicted octanol–water partition coefficient (Wildman–Crippen LogP) is 3.09. The number of amidine groups is 1. The Morgan fingerprint density at radius 3 is 2.82 bits per heavy atom. The summed E-state index contributed by atoms with van der Waals surface area (Å²) >= 11 is 1.51. The fourth-order valence-corrected chi connectivity index (χ4v) is 2.50. The summed E-state index contributed by atoms with van der Waals surface area (Å²) < 4.78 is 4.82. The first kappa shape index (κ1) is 16.0. The average Bonchev–Trinajstić information content (AvgIpc) is 2.96. The number of aromatic nitrogens is 1. The second-order valence-electron chi connectivity index (χ2n) is 4.55. The zero-order valence-corrected chi connectivity index (χ0v) is 13.5. The average molecular weight is 318 g/mol. The highest BCUT2D eigenvalue weighted by atomic mass is 32.1. The number of rotatable bonds is 3. The maximum atomic E-state index is 11.4. The van der Waals surface area contributed by atoms with Crippen LogP contribution in [0.15, 0.2) is 34.6 Å². The van der Waals surface area contributed by atoms with E-state index >= 15 is 0 Å². The van der Waals surface area contributed by atoms with E-state index in [1.807, 2.05) is 43.5 Å². The summed E-state index contributed by atoms with van der Waals surface area (Å²) in [4.78, 5) is 21.2. The molecule has 0 bridgehead atoms. The molecular weight excluding hydrogens is 300 g/mol. The lowest BCUT2D eigenvalue weighted by Gasteiger charge is -2.10. The molecule has 0 aromatic carbocycles. The molecule has 2 rings (SSSR count). The Balaban J connectivity index is 2.24. The van der Waals surface area contributed by atoms with Gasteiger partial charge in [0, 0.05) is 5.69 Å². The van der Waals surface area contributed by atoms with Crippen molar-refractivity contribution in [3.63, 3.8) is 0 Å². The Kier molecular flexibility index (Phi) is 5.48. The maximum absolute atomic E-state index is 11.4. The van der Waals surface area contributed by atoms with Gasteiger partial charge in [-0.2, -0.15) is 0 Å². The molecule has 0 aliphatic carbocycles. The highest BCUT2D eigenvalue weighted by Gasteiger charge is 2.08. The Hall–Kier alpha value is -2.41. The van der Waals surface area contributed by atoms with Crippen molar-refractivity contribution in [3.8, 4) is 0 Å². The number of hydrogen-bond acceptors (Lipinski definition) is 5. The number of ether oxygens (including phenoxy) is 1. The van der Waals surface area contributed by atoms with Crippen molar-refractivity contribution in [1.82, 2.24) is 15.8 Å². The normalized spacial score (nSPS) is 11.1. The summed E-state index contributed by atoms with van der Waals surface area (Å²) in [6, 6.07) is 7.68. The first-order valence-electron chi connectivity index (χ1n) is 6.85. The van der Waals surface area contributed by atoms with Crippen LogP contribution in [0.2, 0.25) is 0 Å². The molecule has 0 aliphatic rings. The van der Waals surface area contributed by atoms with Crippen LogP contribution in [0.25, 0.3) is 0 Å². The number of aliphatic imine (C=N–C) groups is 1. The van der Waals surface area contributed by atoms with E-state index in [-0.39, 0.29) is 0 Å². The lowest BCUT2D eigenvalue weighted by molar-refractivity contribution is 0.150. The standard InChI is InChI=1S/C15H18N4O2S/c1-4-21-15(20)19-18-14(12-6-5-7-22-12)17-13-9-10(2)8-11(3)16-13/h5-9H,4H2,1-3H3,(H,19,20)(H,16,17,18). The van der Waals surface area contributed by atoms with Crippen molar-refractivity contribution in [1.29, 1.82) is 0 Å². The lowest BCUT2D eigenvalue weighted by Crippen LogP contribution is -2.42. The molecule has 0 atom stereocenters. The molecule has 0 fully saturated rings. The van der Waals surface area contributed by atoms with Crippen molar-refractivity contribution in [2.24, 2.45) is 4.99 Å². The van der Waals surface area contributed by atoms with Crippen molar-refractivity contribution in [3.05, 3.63) is 45.8 Å². The molecule has 2 aromatic rings. The molecule has 7 heteroatoms. The fourth-order valence-electron chi connectivity index (χ4n) is 1.83. The van der Waals surface area contributed by atoms with Crippen LogP contribution in [0.4, 0.5) is 10.6 Å². The van der Waals surface area contributed by atoms with Crippen LogP contribution in [-0.2, 0) is 4.74 Å². The van der Waals surface area contributed by atoms with E-state index in [0.29, 0.717) is 18.3 Å². The zero-order chi connectivity index (χ0) is 15.9. The van der Waals surface area contributed by atoms with Crippen LogP contribution in [0.5, 0.6) is 0 Å². The number of carbonyl (C=O) groups is 1. The molecule has 22 heavy (non-hydrogen) atoms. The van der Waals surface area contributed by atoms with Crippen molar-refractivity contribution in [2.75, 3.05) is 6.61 Å². The summed E-state index contributed by atoms with van der Waals surface area (Å²) in [5.41, 5.74) is 7.22. The minimum absolute atomic E-state index is 0.303. The Labute approximate surface area is 133 Å². The quantitative estimate of drug-likeness (QED) is 0.518. The number of carbonyl (C=O) groups excluding carboxylic acids is 1. The van der Waals surface area contributed by atoms with E-state index in [9.17, 15) is 4.79 Å². The highest BCUT2D eigenvalue weighted by Crippen LogP contribution is 2.16. The number of nitrogens with one attached hydrogen (secondary N) is 2. The minimum atomic E-state index is -0.555. The van der Waals surface area contributed by atoms with Crippen LogP contribution < -0.4 is 10.9 Å². The van der Waals surface area contributed by atoms with E-state index in [4.69, 9.17) is 4.74 Å². The molecule has 2 aromatic heterocycles. The molecule has 2 N–H and O–H groups in total. The zero-order valence-electron chi connectivity index (χ0n) is 12.7. The maximum Gasteiger partial charge on any atom is 0.425 e. The number of amides is 1. The Morgan fingerprint density at radius 2 is 2.18 bits per heavy atom. The van der Waals surface area contributed by atoms with E-state index in [1.54, 1.807) is 6.92 Å². The number of nitrogens with zero attached hydrogens (tertiary/aromatic N) is 2. The molecule has 0 saturated carbocycles. The van der Waals surface area contributed by atoms with Crippen LogP contribution in [-0.4, -0.2) is 23.5 Å². The smallest absolute Gasteiger partial charge is 0.425 e. The van der Waals surface area contributed by atoms with Crippen LogP contribution in [0.3, 0.4) is 0 Å². The fraction of sp³-hybridized carbons (Fsp3) is 0.267. The first-order chi connectivity index (χ1) is 10.6. The molecular formula is C15H18N4O2S. The van der Waals surface area contributed by atoms with Crippen molar-refractivity contribution in [2.45, 2.75) is 20.8 Å². The van der Waals surface area contributed by atoms with Crippen LogP contribution in [0, 0.1) is 13.8 Å². The summed E-state index contributed by atoms with van der Waals surface area (Å²) in [5, 5.41) is 1.94. The number of hydrazine groups is 1. The van der Waals surface area contributed by atoms with E-state index in [1.165, 1.54) is 11.3 Å². The Bertz CT molecular complexity index is 648. The summed E-state index contributed by atoms with van der Waals surface area (Å²) in [6.07, 6.45) is -0.555. The predicted molar refractivity (Wildman–Crippen MR) is 87.5 cm³/mol. The molecule has 0 radical (unpaired) electrons. The van der Waals surface area contributed by atoms with Gasteiger partial charge >= 0.3 is 6.09 Å². The van der Waals surface area contributed by atoms with Crippen molar-refractivity contribution >= 4 is 29.1 Å². The van der Waals surface area contributed by atoms with Gasteiger partial charge in [0.15, 0.2) is 11.7 Å². The third-order valence-corrected chi connectivity index (χ3v) is 3.50. The largest absolute Gasteiger partial charge is 0.449 e. The molecule has 6 nitrogen and oxygen atoms in total. The van der Waals surface area contributed by atoms with E-state index < -0.39 is 6.09 Å². The number of thiophene rings is 1. The lowest BCUT2D eigenvalue weighted by atomic mass is 10.2. The third kappa shape index (κ3) is 4.56. The molecule has 1 amide bonds. The van der Waals surface area contributed by atoms with Gasteiger partial charge < -0.3 is 4.74 Å². The number of pyridine rings is 1. The summed E-state index contributed by atoms with van der Waals surface area (Å²) in [7, 11) is 0. The van der Waals surface area contributed by atoms with Gasteiger partial charge in [0.05, 0.1) is 11.5 Å². The topological polar surface area (TPSA) is 75.6 Å². The summed E-state index contributed by atoms with van der Waals surface area (Å²) in [6.45, 7) is 5.95. The second-order valence-corrected chi connectivity index (χ2v) is 5.50. The molecule has 116 valence electrons. The SMILES string of the molecule is CCOC(=O)NN/C(=N\c1cc(C)cc(C)n1)c1cccs1. The molecule has 0 aliphatic heterocycles. The van der Waals surface area contributed by atoms with Gasteiger partial charge in [-0.15, -0.1) is 11.3 Å². The van der Waals surface area contributed by atoms with E-state index in [0.717, 1.165) is 16.1 Å². The molecule has 0 saturated heterocycles. The molecule has 0 spiro atoms. The van der Waals surface area contributed by atoms with Gasteiger partial charge in [-0.1, -0.05) is 6.07 Å². The number of aryl methyl sites for hydroxylation is 2. The second kappa shape index (κ2) is 7.56. The third-order valence-electron chi connectivity index (χ3n) is 2.62. The van der Waals surface area contributed by atoms with Crippen LogP contribution in [0.1, 0.15) is 23.1 Å². The van der Waals surface area contributed by atoms with Gasteiger partial charge in [0.1, 0.15) is 0 Å². The molecule has 2 heterocycles. The number of hydrogen-bond donors (Lipinski definition) is 2. The highest BCUT2D eigenvalue weighted by molar-refractivity contribution is 7.12. The van der Waals surface area contributed by atoms with Gasteiger partial charge in [-0.3, -0.25) is 5.43 Å². The summed E-state index contributed by atoms with van der Waals surface area (Å²) in [5.74, 6) is 1.10. The monoisotopic (exact) mass is 318 g/mol. The van der Waals surface area contributed by atoms with Gasteiger partial charge in [-0.05, 0) is 49.9 Å². The van der Waals surface area contributed by atoms with Crippen molar-refractivity contribution < 1.29 is 9.53 Å². The van der Waals surface area contributed by atoms with Crippen LogP contribution >= 0.6 is 11.3 Å². The van der Waals surface area contributed by atoms with E-state index in [2.05, 4.69) is 20.8 Å².